The first-order valence-electron chi connectivity index (χ1n) is 4.57. The minimum Gasteiger partial charge on any atom is -0.114 e. The molecule has 2 rings (SSSR count). The fraction of sp³-hybridized carbons (Fsp3) is 0. The van der Waals surface area contributed by atoms with E-state index in [9.17, 15) is 0 Å². The summed E-state index contributed by atoms with van der Waals surface area (Å²) in [7, 11) is 0. The molecule has 0 aliphatic heterocycles. The van der Waals surface area contributed by atoms with Gasteiger partial charge in [-0.2, -0.15) is 0 Å². The zero-order valence-electron chi connectivity index (χ0n) is 8.18. The lowest BCUT2D eigenvalue weighted by atomic mass is 10.2. The standard InChI is InChI=1S/C14H10.BrH/c1-3-7-13(8-4-1)11-12-14-9-5-2-6-10-14;/h1-10H;1H. The van der Waals surface area contributed by atoms with Crippen molar-refractivity contribution < 1.29 is 0 Å². The molecular formula is C14H11Br. The second-order valence-electron chi connectivity index (χ2n) is 2.98. The molecule has 0 unspecified atom stereocenters. The van der Waals surface area contributed by atoms with Crippen LogP contribution in [0.1, 0.15) is 11.1 Å². The molecule has 0 saturated carbocycles. The fourth-order valence-corrected chi connectivity index (χ4v) is 1.19. The molecule has 0 heterocycles. The minimum atomic E-state index is 0. The summed E-state index contributed by atoms with van der Waals surface area (Å²) in [6, 6.07) is 20.0. The summed E-state index contributed by atoms with van der Waals surface area (Å²) >= 11 is 0. The number of hydrogen-bond donors (Lipinski definition) is 0. The molecule has 0 amide bonds. The minimum absolute atomic E-state index is 0. The predicted octanol–water partition coefficient (Wildman–Crippen LogP) is 3.66. The third kappa shape index (κ3) is 3.61. The Bertz CT molecular complexity index is 405. The molecule has 1 heteroatoms. The van der Waals surface area contributed by atoms with Crippen molar-refractivity contribution in [2.75, 3.05) is 0 Å². The van der Waals surface area contributed by atoms with Crippen molar-refractivity contribution in [3.63, 3.8) is 0 Å². The number of hydrogen-bond acceptors (Lipinski definition) is 0. The van der Waals surface area contributed by atoms with E-state index in [2.05, 4.69) is 11.8 Å². The Kier molecular flexibility index (Phi) is 4.66. The van der Waals surface area contributed by atoms with E-state index in [-0.39, 0.29) is 17.0 Å². The normalized spacial score (nSPS) is 8.27. The van der Waals surface area contributed by atoms with Crippen LogP contribution in [0.5, 0.6) is 0 Å². The molecule has 0 radical (unpaired) electrons. The number of benzene rings is 2. The molecule has 0 saturated heterocycles. The third-order valence-electron chi connectivity index (χ3n) is 1.90. The van der Waals surface area contributed by atoms with E-state index in [1.54, 1.807) is 0 Å². The van der Waals surface area contributed by atoms with E-state index >= 15 is 0 Å². The van der Waals surface area contributed by atoms with Gasteiger partial charge in [-0.1, -0.05) is 48.2 Å². The van der Waals surface area contributed by atoms with Crippen molar-refractivity contribution in [1.82, 2.24) is 0 Å². The van der Waals surface area contributed by atoms with Gasteiger partial charge in [0.15, 0.2) is 0 Å². The summed E-state index contributed by atoms with van der Waals surface area (Å²) in [5.74, 6) is 6.22. The molecule has 15 heavy (non-hydrogen) atoms. The maximum absolute atomic E-state index is 3.11. The second-order valence-corrected chi connectivity index (χ2v) is 2.98. The van der Waals surface area contributed by atoms with Gasteiger partial charge in [-0.3, -0.25) is 0 Å². The van der Waals surface area contributed by atoms with Crippen molar-refractivity contribution in [3.05, 3.63) is 71.8 Å². The topological polar surface area (TPSA) is 0 Å². The maximum atomic E-state index is 3.11. The summed E-state index contributed by atoms with van der Waals surface area (Å²) in [5.41, 5.74) is 2.10. The zero-order valence-corrected chi connectivity index (χ0v) is 9.89. The largest absolute Gasteiger partial charge is 0.114 e. The van der Waals surface area contributed by atoms with Crippen molar-refractivity contribution in [3.8, 4) is 11.8 Å². The summed E-state index contributed by atoms with van der Waals surface area (Å²) < 4.78 is 0. The van der Waals surface area contributed by atoms with Crippen LogP contribution in [0.25, 0.3) is 0 Å². The van der Waals surface area contributed by atoms with Crippen molar-refractivity contribution in [2.45, 2.75) is 0 Å². The van der Waals surface area contributed by atoms with E-state index in [4.69, 9.17) is 0 Å². The van der Waals surface area contributed by atoms with Gasteiger partial charge in [-0.15, -0.1) is 17.0 Å². The Morgan fingerprint density at radius 3 is 1.20 bits per heavy atom. The van der Waals surface area contributed by atoms with Gasteiger partial charge in [0.25, 0.3) is 0 Å². The van der Waals surface area contributed by atoms with Crippen LogP contribution in [0, 0.1) is 11.8 Å². The SMILES string of the molecule is Br.C(#Cc1ccccc1)c1ccccc1. The van der Waals surface area contributed by atoms with Crippen molar-refractivity contribution in [1.29, 1.82) is 0 Å². The van der Waals surface area contributed by atoms with E-state index < -0.39 is 0 Å². The summed E-state index contributed by atoms with van der Waals surface area (Å²) in [5, 5.41) is 0. The fourth-order valence-electron chi connectivity index (χ4n) is 1.19. The predicted molar refractivity (Wildman–Crippen MR) is 69.2 cm³/mol. The van der Waals surface area contributed by atoms with Crippen LogP contribution in [-0.4, -0.2) is 0 Å². The van der Waals surface area contributed by atoms with Gasteiger partial charge >= 0.3 is 0 Å². The first kappa shape index (κ1) is 11.6. The van der Waals surface area contributed by atoms with Crippen molar-refractivity contribution in [2.24, 2.45) is 0 Å². The molecular weight excluding hydrogens is 248 g/mol. The molecule has 2 aromatic carbocycles. The average Bonchev–Trinajstić information content (AvgIpc) is 2.29. The molecule has 0 aliphatic rings. The van der Waals surface area contributed by atoms with Gasteiger partial charge in [0.2, 0.25) is 0 Å². The van der Waals surface area contributed by atoms with E-state index in [1.165, 1.54) is 0 Å². The second kappa shape index (κ2) is 6.06. The summed E-state index contributed by atoms with van der Waals surface area (Å²) in [6.45, 7) is 0. The highest BCUT2D eigenvalue weighted by Crippen LogP contribution is 1.98. The first-order valence-corrected chi connectivity index (χ1v) is 4.57. The molecule has 0 aromatic heterocycles. The highest BCUT2D eigenvalue weighted by molar-refractivity contribution is 8.93. The van der Waals surface area contributed by atoms with Crippen LogP contribution in [0.15, 0.2) is 60.7 Å². The van der Waals surface area contributed by atoms with Crippen molar-refractivity contribution >= 4 is 17.0 Å². The van der Waals surface area contributed by atoms with Gasteiger partial charge in [0.05, 0.1) is 0 Å². The van der Waals surface area contributed by atoms with Gasteiger partial charge in [-0.05, 0) is 24.3 Å². The van der Waals surface area contributed by atoms with E-state index in [0.29, 0.717) is 0 Å². The molecule has 0 N–H and O–H groups in total. The van der Waals surface area contributed by atoms with Gasteiger partial charge < -0.3 is 0 Å². The highest BCUT2D eigenvalue weighted by Gasteiger charge is 1.83. The molecule has 0 aliphatic carbocycles. The maximum Gasteiger partial charge on any atom is 0.0249 e. The van der Waals surface area contributed by atoms with Gasteiger partial charge in [-0.25, -0.2) is 0 Å². The Hall–Kier alpha value is -1.52. The lowest BCUT2D eigenvalue weighted by molar-refractivity contribution is 1.62. The number of halogens is 1. The smallest absolute Gasteiger partial charge is 0.0249 e. The Labute approximate surface area is 101 Å². The Balaban J connectivity index is 0.00000112. The summed E-state index contributed by atoms with van der Waals surface area (Å²) in [4.78, 5) is 0. The number of rotatable bonds is 0. The molecule has 0 atom stereocenters. The molecule has 2 aromatic rings. The first-order chi connectivity index (χ1) is 6.95. The van der Waals surface area contributed by atoms with Crippen LogP contribution in [0.2, 0.25) is 0 Å². The van der Waals surface area contributed by atoms with E-state index in [0.717, 1.165) is 11.1 Å². The van der Waals surface area contributed by atoms with Crippen LogP contribution in [0.4, 0.5) is 0 Å². The van der Waals surface area contributed by atoms with Crippen LogP contribution >= 0.6 is 17.0 Å². The third-order valence-corrected chi connectivity index (χ3v) is 1.90. The molecule has 0 spiro atoms. The van der Waals surface area contributed by atoms with E-state index in [1.807, 2.05) is 60.7 Å². The monoisotopic (exact) mass is 258 g/mol. The summed E-state index contributed by atoms with van der Waals surface area (Å²) in [6.07, 6.45) is 0. The molecule has 0 nitrogen and oxygen atoms in total. The van der Waals surface area contributed by atoms with Crippen LogP contribution in [0.3, 0.4) is 0 Å². The average molecular weight is 259 g/mol. The molecule has 0 bridgehead atoms. The highest BCUT2D eigenvalue weighted by atomic mass is 79.9. The molecule has 0 fully saturated rings. The Morgan fingerprint density at radius 1 is 0.533 bits per heavy atom. The lowest BCUT2D eigenvalue weighted by Gasteiger charge is -1.88. The van der Waals surface area contributed by atoms with Crippen LogP contribution in [-0.2, 0) is 0 Å². The van der Waals surface area contributed by atoms with Crippen LogP contribution < -0.4 is 0 Å². The Morgan fingerprint density at radius 2 is 0.867 bits per heavy atom. The lowest BCUT2D eigenvalue weighted by Crippen LogP contribution is -1.73. The van der Waals surface area contributed by atoms with Gasteiger partial charge in [0.1, 0.15) is 0 Å². The van der Waals surface area contributed by atoms with Gasteiger partial charge in [0, 0.05) is 11.1 Å². The molecule has 74 valence electrons. The zero-order chi connectivity index (χ0) is 9.64. The quantitative estimate of drug-likeness (QED) is 0.633.